The van der Waals surface area contributed by atoms with Gasteiger partial charge >= 0.3 is 0 Å². The van der Waals surface area contributed by atoms with Crippen molar-refractivity contribution in [3.8, 4) is 0 Å². The van der Waals surface area contributed by atoms with Crippen molar-refractivity contribution in [2.45, 2.75) is 38.8 Å². The number of rotatable bonds is 4. The molecule has 2 aromatic rings. The van der Waals surface area contributed by atoms with Crippen LogP contribution in [0.15, 0.2) is 48.5 Å². The third-order valence-corrected chi connectivity index (χ3v) is 5.72. The molecule has 1 aliphatic carbocycles. The van der Waals surface area contributed by atoms with Gasteiger partial charge in [0.2, 0.25) is 0 Å². The average molecular weight is 380 g/mol. The van der Waals surface area contributed by atoms with Crippen LogP contribution in [0.5, 0.6) is 0 Å². The number of nitrogens with one attached hydrogen (secondary N) is 2. The molecule has 1 aliphatic rings. The van der Waals surface area contributed by atoms with Crippen LogP contribution in [0.3, 0.4) is 0 Å². The number of anilines is 2. The molecule has 148 valence electrons. The lowest BCUT2D eigenvalue weighted by atomic mass is 9.75. The lowest BCUT2D eigenvalue weighted by Gasteiger charge is -2.39. The summed E-state index contributed by atoms with van der Waals surface area (Å²) in [5.41, 5.74) is 13.8. The van der Waals surface area contributed by atoms with E-state index in [-0.39, 0.29) is 23.9 Å². The van der Waals surface area contributed by atoms with E-state index in [9.17, 15) is 9.59 Å². The Morgan fingerprint density at radius 1 is 0.786 bits per heavy atom. The molecular weight excluding hydrogens is 352 g/mol. The Labute approximate surface area is 165 Å². The lowest BCUT2D eigenvalue weighted by Crippen LogP contribution is -2.51. The fourth-order valence-electron chi connectivity index (χ4n) is 3.78. The zero-order valence-electron chi connectivity index (χ0n) is 16.3. The van der Waals surface area contributed by atoms with E-state index in [2.05, 4.69) is 24.5 Å². The predicted molar refractivity (Wildman–Crippen MR) is 112 cm³/mol. The molecule has 2 amide bonds. The fourth-order valence-corrected chi connectivity index (χ4v) is 3.78. The van der Waals surface area contributed by atoms with Crippen molar-refractivity contribution in [3.63, 3.8) is 0 Å². The molecule has 0 saturated heterocycles. The van der Waals surface area contributed by atoms with Crippen molar-refractivity contribution in [1.82, 2.24) is 10.6 Å². The summed E-state index contributed by atoms with van der Waals surface area (Å²) in [6.07, 6.45) is 1.59. The summed E-state index contributed by atoms with van der Waals surface area (Å²) in [5.74, 6) is 0.467. The van der Waals surface area contributed by atoms with Crippen molar-refractivity contribution in [2.75, 3.05) is 11.5 Å². The summed E-state index contributed by atoms with van der Waals surface area (Å²) >= 11 is 0. The normalized spacial score (nSPS) is 24.4. The van der Waals surface area contributed by atoms with Crippen LogP contribution in [0, 0.1) is 11.8 Å². The molecule has 4 unspecified atom stereocenters. The van der Waals surface area contributed by atoms with Gasteiger partial charge in [-0.3, -0.25) is 9.59 Å². The van der Waals surface area contributed by atoms with Gasteiger partial charge in [-0.05, 0) is 73.2 Å². The molecule has 0 aliphatic heterocycles. The zero-order chi connectivity index (χ0) is 20.3. The van der Waals surface area contributed by atoms with E-state index in [0.29, 0.717) is 40.8 Å². The first-order chi connectivity index (χ1) is 13.3. The van der Waals surface area contributed by atoms with E-state index in [1.165, 1.54) is 0 Å². The second-order valence-corrected chi connectivity index (χ2v) is 7.80. The van der Waals surface area contributed by atoms with Crippen molar-refractivity contribution in [1.29, 1.82) is 0 Å². The number of amides is 2. The maximum Gasteiger partial charge on any atom is 0.251 e. The Morgan fingerprint density at radius 3 is 1.75 bits per heavy atom. The van der Waals surface area contributed by atoms with E-state index in [1.807, 2.05) is 0 Å². The Morgan fingerprint density at radius 2 is 1.25 bits per heavy atom. The molecule has 2 aromatic carbocycles. The number of benzene rings is 2. The number of carbonyl (C=O) groups is 2. The summed E-state index contributed by atoms with van der Waals surface area (Å²) in [5, 5.41) is 6.25. The van der Waals surface area contributed by atoms with Gasteiger partial charge < -0.3 is 22.1 Å². The predicted octanol–water partition coefficient (Wildman–Crippen LogP) is 2.81. The number of hydrogen-bond acceptors (Lipinski definition) is 4. The minimum absolute atomic E-state index is 0.00738. The molecule has 6 N–H and O–H groups in total. The summed E-state index contributed by atoms with van der Waals surface area (Å²) in [7, 11) is 0. The van der Waals surface area contributed by atoms with Crippen LogP contribution >= 0.6 is 0 Å². The zero-order valence-corrected chi connectivity index (χ0v) is 16.3. The van der Waals surface area contributed by atoms with Crippen molar-refractivity contribution in [3.05, 3.63) is 59.7 Å². The van der Waals surface area contributed by atoms with Crippen LogP contribution in [0.4, 0.5) is 11.4 Å². The highest BCUT2D eigenvalue weighted by atomic mass is 16.2. The van der Waals surface area contributed by atoms with Crippen LogP contribution in [0.1, 0.15) is 47.4 Å². The van der Waals surface area contributed by atoms with E-state index in [4.69, 9.17) is 11.5 Å². The first kappa shape index (κ1) is 19.7. The maximum atomic E-state index is 12.6. The Kier molecular flexibility index (Phi) is 5.87. The quantitative estimate of drug-likeness (QED) is 0.611. The molecule has 6 heteroatoms. The number of hydrogen-bond donors (Lipinski definition) is 4. The molecule has 0 radical (unpaired) electrons. The highest BCUT2D eigenvalue weighted by Gasteiger charge is 2.34. The first-order valence-electron chi connectivity index (χ1n) is 9.66. The van der Waals surface area contributed by atoms with Crippen LogP contribution in [0.2, 0.25) is 0 Å². The molecular formula is C22H28N4O2. The molecule has 6 nitrogen and oxygen atoms in total. The maximum absolute atomic E-state index is 12.6. The summed E-state index contributed by atoms with van der Waals surface area (Å²) in [6, 6.07) is 13.8. The van der Waals surface area contributed by atoms with Gasteiger partial charge in [-0.15, -0.1) is 0 Å². The highest BCUT2D eigenvalue weighted by Crippen LogP contribution is 2.30. The molecule has 0 aromatic heterocycles. The van der Waals surface area contributed by atoms with E-state index in [1.54, 1.807) is 48.5 Å². The van der Waals surface area contributed by atoms with Gasteiger partial charge in [0, 0.05) is 34.6 Å². The van der Waals surface area contributed by atoms with Crippen LogP contribution < -0.4 is 22.1 Å². The van der Waals surface area contributed by atoms with Crippen LogP contribution in [-0.2, 0) is 0 Å². The van der Waals surface area contributed by atoms with Gasteiger partial charge in [-0.1, -0.05) is 13.8 Å². The summed E-state index contributed by atoms with van der Waals surface area (Å²) in [6.45, 7) is 4.31. The number of carbonyl (C=O) groups excluding carboxylic acids is 2. The third kappa shape index (κ3) is 4.63. The molecule has 0 spiro atoms. The van der Waals surface area contributed by atoms with Crippen LogP contribution in [-0.4, -0.2) is 23.9 Å². The van der Waals surface area contributed by atoms with Crippen molar-refractivity contribution < 1.29 is 9.59 Å². The Balaban J connectivity index is 1.65. The Bertz CT molecular complexity index is 833. The first-order valence-corrected chi connectivity index (χ1v) is 9.66. The third-order valence-electron chi connectivity index (χ3n) is 5.72. The van der Waals surface area contributed by atoms with E-state index < -0.39 is 0 Å². The standard InChI is InChI=1S/C22H28N4O2/c1-13-11-19(25-21(27)15-3-7-17(23)8-4-15)12-20(14(13)2)26-22(28)16-5-9-18(24)10-6-16/h3-10,13-14,19-20H,11-12,23-24H2,1-2H3,(H,25,27)(H,26,28). The molecule has 28 heavy (non-hydrogen) atoms. The minimum Gasteiger partial charge on any atom is -0.399 e. The van der Waals surface area contributed by atoms with Gasteiger partial charge in [0.15, 0.2) is 0 Å². The molecule has 0 bridgehead atoms. The minimum atomic E-state index is -0.116. The molecule has 1 saturated carbocycles. The lowest BCUT2D eigenvalue weighted by molar-refractivity contribution is 0.0838. The molecule has 3 rings (SSSR count). The van der Waals surface area contributed by atoms with Gasteiger partial charge in [-0.2, -0.15) is 0 Å². The second-order valence-electron chi connectivity index (χ2n) is 7.80. The number of nitrogens with two attached hydrogens (primary N) is 2. The van der Waals surface area contributed by atoms with Gasteiger partial charge in [0.25, 0.3) is 11.8 Å². The molecule has 0 heterocycles. The van der Waals surface area contributed by atoms with Gasteiger partial charge in [0.1, 0.15) is 0 Å². The van der Waals surface area contributed by atoms with Gasteiger partial charge in [-0.25, -0.2) is 0 Å². The monoisotopic (exact) mass is 380 g/mol. The average Bonchev–Trinajstić information content (AvgIpc) is 2.66. The smallest absolute Gasteiger partial charge is 0.251 e. The highest BCUT2D eigenvalue weighted by molar-refractivity contribution is 5.95. The van der Waals surface area contributed by atoms with Crippen LogP contribution in [0.25, 0.3) is 0 Å². The topological polar surface area (TPSA) is 110 Å². The molecule has 1 fully saturated rings. The molecule has 4 atom stereocenters. The van der Waals surface area contributed by atoms with Crippen molar-refractivity contribution >= 4 is 23.2 Å². The largest absolute Gasteiger partial charge is 0.399 e. The SMILES string of the molecule is CC1CC(NC(=O)c2ccc(N)cc2)CC(NC(=O)c2ccc(N)cc2)C1C. The van der Waals surface area contributed by atoms with Gasteiger partial charge in [0.05, 0.1) is 0 Å². The fraction of sp³-hybridized carbons (Fsp3) is 0.364. The van der Waals surface area contributed by atoms with Crippen molar-refractivity contribution in [2.24, 2.45) is 11.8 Å². The Hall–Kier alpha value is -3.02. The van der Waals surface area contributed by atoms with E-state index >= 15 is 0 Å². The second kappa shape index (κ2) is 8.33. The van der Waals surface area contributed by atoms with E-state index in [0.717, 1.165) is 6.42 Å². The number of nitrogen functional groups attached to an aromatic ring is 2. The summed E-state index contributed by atoms with van der Waals surface area (Å²) < 4.78 is 0. The summed E-state index contributed by atoms with van der Waals surface area (Å²) in [4.78, 5) is 25.2.